The smallest absolute Gasteiger partial charge is 0.147 e. The molecule has 1 heterocycles. The van der Waals surface area contributed by atoms with Crippen LogP contribution < -0.4 is 15.5 Å². The summed E-state index contributed by atoms with van der Waals surface area (Å²) in [5, 5.41) is 15.4. The third kappa shape index (κ3) is 7.18. The van der Waals surface area contributed by atoms with Gasteiger partial charge in [0.2, 0.25) is 0 Å². The molecular formula is C20H31N3O3. The Morgan fingerprint density at radius 3 is 2.88 bits per heavy atom. The lowest BCUT2D eigenvalue weighted by Gasteiger charge is -2.34. The number of hydrogen-bond acceptors (Lipinski definition) is 6. The van der Waals surface area contributed by atoms with Crippen LogP contribution in [0.3, 0.4) is 0 Å². The molecule has 0 amide bonds. The van der Waals surface area contributed by atoms with Crippen molar-refractivity contribution in [1.29, 1.82) is 0 Å². The zero-order valence-electron chi connectivity index (χ0n) is 15.6. The number of hydrogen-bond donors (Lipinski definition) is 3. The minimum atomic E-state index is -0.470. The number of nitrogens with zero attached hydrogens (tertiary/aromatic N) is 1. The number of benzene rings is 1. The predicted octanol–water partition coefficient (Wildman–Crippen LogP) is 1.89. The average molecular weight is 361 g/mol. The van der Waals surface area contributed by atoms with Gasteiger partial charge in [-0.1, -0.05) is 25.1 Å². The van der Waals surface area contributed by atoms with Crippen molar-refractivity contribution in [3.8, 4) is 5.75 Å². The molecule has 26 heavy (non-hydrogen) atoms. The van der Waals surface area contributed by atoms with Crippen LogP contribution in [0.1, 0.15) is 39.0 Å². The Kier molecular flexibility index (Phi) is 9.21. The van der Waals surface area contributed by atoms with E-state index in [4.69, 9.17) is 4.74 Å². The number of aliphatic hydroxyl groups excluding tert-OH is 1. The second-order valence-electron chi connectivity index (χ2n) is 6.67. The van der Waals surface area contributed by atoms with Crippen LogP contribution >= 0.6 is 0 Å². The van der Waals surface area contributed by atoms with Crippen LogP contribution in [-0.2, 0) is 4.79 Å². The predicted molar refractivity (Wildman–Crippen MR) is 102 cm³/mol. The van der Waals surface area contributed by atoms with E-state index in [-0.39, 0.29) is 0 Å². The number of piperidine rings is 1. The van der Waals surface area contributed by atoms with Gasteiger partial charge < -0.3 is 20.2 Å². The molecule has 1 aromatic carbocycles. The molecule has 0 aromatic heterocycles. The topological polar surface area (TPSA) is 73.8 Å². The SMILES string of the molecule is CCCNN1CCC(NCCCC(O)COc2ccccc2)CC1=C=O. The van der Waals surface area contributed by atoms with E-state index >= 15 is 0 Å². The maximum absolute atomic E-state index is 11.2. The monoisotopic (exact) mass is 361 g/mol. The van der Waals surface area contributed by atoms with Gasteiger partial charge in [0.05, 0.1) is 6.10 Å². The molecule has 2 atom stereocenters. The van der Waals surface area contributed by atoms with Gasteiger partial charge in [-0.05, 0) is 44.4 Å². The number of nitrogens with one attached hydrogen (secondary N) is 2. The van der Waals surface area contributed by atoms with Crippen LogP contribution in [0.15, 0.2) is 36.0 Å². The van der Waals surface area contributed by atoms with Crippen LogP contribution in [0.2, 0.25) is 0 Å². The summed E-state index contributed by atoms with van der Waals surface area (Å²) in [5.74, 6) is 2.85. The van der Waals surface area contributed by atoms with E-state index < -0.39 is 6.10 Å². The summed E-state index contributed by atoms with van der Waals surface area (Å²) in [6, 6.07) is 9.82. The molecule has 6 nitrogen and oxygen atoms in total. The standard InChI is InChI=1S/C20H31N3O3/c1-2-11-22-23-13-10-17(14-18(23)15-24)21-12-6-7-19(25)16-26-20-8-4-3-5-9-20/h3-5,8-9,17,19,21-22,25H,2,6-7,10-14,16H2,1H3. The number of aliphatic hydroxyl groups is 1. The summed E-state index contributed by atoms with van der Waals surface area (Å²) in [7, 11) is 0. The molecule has 0 saturated carbocycles. The molecular weight excluding hydrogens is 330 g/mol. The third-order valence-electron chi connectivity index (χ3n) is 4.47. The van der Waals surface area contributed by atoms with Gasteiger partial charge in [-0.3, -0.25) is 0 Å². The number of hydrazine groups is 1. The molecule has 2 unspecified atom stereocenters. The van der Waals surface area contributed by atoms with Gasteiger partial charge in [0.1, 0.15) is 24.0 Å². The first-order chi connectivity index (χ1) is 12.7. The van der Waals surface area contributed by atoms with Gasteiger partial charge >= 0.3 is 0 Å². The highest BCUT2D eigenvalue weighted by molar-refractivity contribution is 5.52. The fourth-order valence-corrected chi connectivity index (χ4v) is 2.99. The molecule has 1 aromatic rings. The second kappa shape index (κ2) is 11.7. The second-order valence-corrected chi connectivity index (χ2v) is 6.67. The van der Waals surface area contributed by atoms with Crippen molar-refractivity contribution in [3.63, 3.8) is 0 Å². The molecule has 0 bridgehead atoms. The Morgan fingerprint density at radius 1 is 1.35 bits per heavy atom. The van der Waals surface area contributed by atoms with Gasteiger partial charge in [0.25, 0.3) is 0 Å². The van der Waals surface area contributed by atoms with E-state index in [1.54, 1.807) is 0 Å². The Labute approximate surface area is 156 Å². The van der Waals surface area contributed by atoms with Gasteiger partial charge in [-0.2, -0.15) is 0 Å². The Morgan fingerprint density at radius 2 is 2.15 bits per heavy atom. The van der Waals surface area contributed by atoms with Crippen molar-refractivity contribution < 1.29 is 14.6 Å². The summed E-state index contributed by atoms with van der Waals surface area (Å²) >= 11 is 0. The van der Waals surface area contributed by atoms with E-state index in [0.717, 1.165) is 44.6 Å². The van der Waals surface area contributed by atoms with E-state index in [2.05, 4.69) is 23.6 Å². The van der Waals surface area contributed by atoms with Crippen LogP contribution in [-0.4, -0.2) is 54.4 Å². The maximum atomic E-state index is 11.2. The van der Waals surface area contributed by atoms with E-state index in [0.29, 0.717) is 31.2 Å². The van der Waals surface area contributed by atoms with Gasteiger partial charge in [0, 0.05) is 25.6 Å². The summed E-state index contributed by atoms with van der Waals surface area (Å²) < 4.78 is 5.56. The van der Waals surface area contributed by atoms with Gasteiger partial charge in [-0.15, -0.1) is 0 Å². The number of rotatable bonds is 11. The Bertz CT molecular complexity index is 561. The zero-order valence-corrected chi connectivity index (χ0v) is 15.6. The van der Waals surface area contributed by atoms with Crippen LogP contribution in [0.25, 0.3) is 0 Å². The van der Waals surface area contributed by atoms with Crippen molar-refractivity contribution in [2.45, 2.75) is 51.2 Å². The summed E-state index contributed by atoms with van der Waals surface area (Å²) in [5.41, 5.74) is 3.95. The maximum Gasteiger partial charge on any atom is 0.147 e. The quantitative estimate of drug-likeness (QED) is 0.413. The van der Waals surface area contributed by atoms with Crippen LogP contribution in [0, 0.1) is 0 Å². The van der Waals surface area contributed by atoms with Crippen LogP contribution in [0.4, 0.5) is 0 Å². The molecule has 1 saturated heterocycles. The lowest BCUT2D eigenvalue weighted by molar-refractivity contribution is 0.0976. The normalized spacial score (nSPS) is 18.5. The molecule has 1 fully saturated rings. The number of ether oxygens (including phenoxy) is 1. The molecule has 3 N–H and O–H groups in total. The zero-order chi connectivity index (χ0) is 18.6. The highest BCUT2D eigenvalue weighted by Gasteiger charge is 2.23. The first kappa shape index (κ1) is 20.5. The van der Waals surface area contributed by atoms with Crippen molar-refractivity contribution in [3.05, 3.63) is 36.0 Å². The fraction of sp³-hybridized carbons (Fsp3) is 0.600. The summed E-state index contributed by atoms with van der Waals surface area (Å²) in [4.78, 5) is 11.2. The van der Waals surface area contributed by atoms with Crippen molar-refractivity contribution >= 4 is 5.94 Å². The Hall–Kier alpha value is -1.85. The summed E-state index contributed by atoms with van der Waals surface area (Å²) in [6.07, 6.45) is 3.80. The number of para-hydroxylation sites is 1. The van der Waals surface area contributed by atoms with Crippen LogP contribution in [0.5, 0.6) is 5.75 Å². The van der Waals surface area contributed by atoms with E-state index in [1.807, 2.05) is 35.3 Å². The van der Waals surface area contributed by atoms with E-state index in [9.17, 15) is 9.90 Å². The molecule has 144 valence electrons. The molecule has 0 radical (unpaired) electrons. The van der Waals surface area contributed by atoms with E-state index in [1.165, 1.54) is 0 Å². The third-order valence-corrected chi connectivity index (χ3v) is 4.47. The van der Waals surface area contributed by atoms with Crippen molar-refractivity contribution in [2.24, 2.45) is 0 Å². The fourth-order valence-electron chi connectivity index (χ4n) is 2.99. The largest absolute Gasteiger partial charge is 0.491 e. The molecule has 0 aliphatic carbocycles. The van der Waals surface area contributed by atoms with Crippen molar-refractivity contribution in [2.75, 3.05) is 26.2 Å². The lowest BCUT2D eigenvalue weighted by atomic mass is 10.0. The van der Waals surface area contributed by atoms with Gasteiger partial charge in [-0.25, -0.2) is 10.2 Å². The Balaban J connectivity index is 1.59. The van der Waals surface area contributed by atoms with Gasteiger partial charge in [0.15, 0.2) is 0 Å². The lowest BCUT2D eigenvalue weighted by Crippen LogP contribution is -2.47. The average Bonchev–Trinajstić information content (AvgIpc) is 2.69. The summed E-state index contributed by atoms with van der Waals surface area (Å²) in [6.45, 7) is 4.91. The minimum absolute atomic E-state index is 0.295. The van der Waals surface area contributed by atoms with Crippen molar-refractivity contribution in [1.82, 2.24) is 15.8 Å². The first-order valence-corrected chi connectivity index (χ1v) is 9.57. The molecule has 1 aliphatic heterocycles. The number of carbonyl (C=O) groups excluding carboxylic acids is 1. The minimum Gasteiger partial charge on any atom is -0.491 e. The molecule has 2 rings (SSSR count). The molecule has 0 spiro atoms. The molecule has 6 heteroatoms. The first-order valence-electron chi connectivity index (χ1n) is 9.57. The highest BCUT2D eigenvalue weighted by atomic mass is 16.5. The molecule has 1 aliphatic rings. The highest BCUT2D eigenvalue weighted by Crippen LogP contribution is 2.17.